The molecule has 7 nitrogen and oxygen atoms in total. The topological polar surface area (TPSA) is 83.2 Å². The summed E-state index contributed by atoms with van der Waals surface area (Å²) in [7, 11) is -0.0805. The number of fused-ring (bicyclic) bond motifs is 2. The molecule has 1 aliphatic carbocycles. The minimum absolute atomic E-state index is 0.0362. The molecule has 2 aromatic carbocycles. The van der Waals surface area contributed by atoms with E-state index in [4.69, 9.17) is 4.74 Å². The first kappa shape index (κ1) is 19.8. The van der Waals surface area contributed by atoms with Crippen LogP contribution in [0.3, 0.4) is 0 Å². The standard InChI is InChI=1S/C23H23N3O4S/c1-25-12-19(15-6-4-5-7-16(15)23(25)27)17-10-18-20(11-21(17)30-13-14-8-9-14)26(2)24-22(18)31(3,28)29/h4-7,10-12,14H,8-9,13H2,1-3H3. The quantitative estimate of drug-likeness (QED) is 0.478. The zero-order valence-electron chi connectivity index (χ0n) is 17.6. The van der Waals surface area contributed by atoms with Gasteiger partial charge in [0.2, 0.25) is 0 Å². The van der Waals surface area contributed by atoms with Crippen LogP contribution >= 0.6 is 0 Å². The van der Waals surface area contributed by atoms with Gasteiger partial charge >= 0.3 is 0 Å². The smallest absolute Gasteiger partial charge is 0.258 e. The van der Waals surface area contributed by atoms with Crippen LogP contribution in [0.25, 0.3) is 32.8 Å². The molecule has 4 aromatic rings. The van der Waals surface area contributed by atoms with Gasteiger partial charge in [0.1, 0.15) is 5.75 Å². The maximum atomic E-state index is 12.7. The Morgan fingerprint density at radius 2 is 1.77 bits per heavy atom. The molecule has 0 aliphatic heterocycles. The molecule has 1 fully saturated rings. The summed E-state index contributed by atoms with van der Waals surface area (Å²) in [5.74, 6) is 1.21. The van der Waals surface area contributed by atoms with Crippen LogP contribution in [-0.2, 0) is 23.9 Å². The molecule has 160 valence electrons. The van der Waals surface area contributed by atoms with E-state index in [0.717, 1.165) is 35.6 Å². The van der Waals surface area contributed by atoms with Gasteiger partial charge in [0.25, 0.3) is 5.56 Å². The first-order valence-corrected chi connectivity index (χ1v) is 12.1. The maximum absolute atomic E-state index is 12.7. The van der Waals surface area contributed by atoms with Crippen molar-refractivity contribution in [1.82, 2.24) is 14.3 Å². The van der Waals surface area contributed by atoms with Crippen LogP contribution in [0.1, 0.15) is 12.8 Å². The van der Waals surface area contributed by atoms with Gasteiger partial charge in [0.15, 0.2) is 14.9 Å². The molecule has 0 unspecified atom stereocenters. The van der Waals surface area contributed by atoms with Crippen molar-refractivity contribution < 1.29 is 13.2 Å². The van der Waals surface area contributed by atoms with E-state index in [2.05, 4.69) is 5.10 Å². The zero-order valence-corrected chi connectivity index (χ0v) is 18.4. The third-order valence-corrected chi connectivity index (χ3v) is 6.83. The molecule has 5 rings (SSSR count). The van der Waals surface area contributed by atoms with Crippen LogP contribution in [0.2, 0.25) is 0 Å². The summed E-state index contributed by atoms with van der Waals surface area (Å²) in [5.41, 5.74) is 2.16. The SMILES string of the molecule is Cn1cc(-c2cc3c(S(C)(=O)=O)nn(C)c3cc2OCC2CC2)c2ccccc2c1=O. The molecule has 1 aliphatic rings. The number of hydrogen-bond donors (Lipinski definition) is 0. The van der Waals surface area contributed by atoms with Crippen molar-refractivity contribution in [3.63, 3.8) is 0 Å². The third kappa shape index (κ3) is 3.40. The monoisotopic (exact) mass is 437 g/mol. The molecule has 0 N–H and O–H groups in total. The Morgan fingerprint density at radius 3 is 2.45 bits per heavy atom. The molecular formula is C23H23N3O4S. The Balaban J connectivity index is 1.85. The average molecular weight is 438 g/mol. The van der Waals surface area contributed by atoms with Gasteiger partial charge in [-0.05, 0) is 36.3 Å². The summed E-state index contributed by atoms with van der Waals surface area (Å²) < 4.78 is 34.1. The van der Waals surface area contributed by atoms with E-state index in [9.17, 15) is 13.2 Å². The van der Waals surface area contributed by atoms with Crippen LogP contribution in [0.15, 0.2) is 52.4 Å². The van der Waals surface area contributed by atoms with Gasteiger partial charge in [-0.3, -0.25) is 9.48 Å². The Hall–Kier alpha value is -3.13. The second-order valence-electron chi connectivity index (χ2n) is 8.33. The molecular weight excluding hydrogens is 414 g/mol. The molecule has 0 radical (unpaired) electrons. The van der Waals surface area contributed by atoms with Gasteiger partial charge in [-0.1, -0.05) is 18.2 Å². The molecule has 0 atom stereocenters. The Kier molecular flexibility index (Phi) is 4.44. The fourth-order valence-electron chi connectivity index (χ4n) is 3.98. The number of benzene rings is 2. The molecule has 2 heterocycles. The zero-order chi connectivity index (χ0) is 21.9. The van der Waals surface area contributed by atoms with E-state index in [1.54, 1.807) is 35.6 Å². The van der Waals surface area contributed by atoms with E-state index >= 15 is 0 Å². The molecule has 0 spiro atoms. The molecule has 0 saturated heterocycles. The number of sulfone groups is 1. The lowest BCUT2D eigenvalue weighted by Gasteiger charge is -2.15. The van der Waals surface area contributed by atoms with Gasteiger partial charge in [-0.15, -0.1) is 0 Å². The number of pyridine rings is 1. The van der Waals surface area contributed by atoms with Crippen molar-refractivity contribution in [3.8, 4) is 16.9 Å². The second kappa shape index (κ2) is 6.95. The van der Waals surface area contributed by atoms with E-state index < -0.39 is 9.84 Å². The number of aromatic nitrogens is 3. The van der Waals surface area contributed by atoms with Crippen LogP contribution in [0, 0.1) is 5.92 Å². The highest BCUT2D eigenvalue weighted by atomic mass is 32.2. The van der Waals surface area contributed by atoms with Crippen molar-refractivity contribution in [2.45, 2.75) is 17.9 Å². The number of aryl methyl sites for hydroxylation is 2. The lowest BCUT2D eigenvalue weighted by atomic mass is 9.98. The molecule has 0 bridgehead atoms. The van der Waals surface area contributed by atoms with Gasteiger partial charge in [0.05, 0.1) is 12.1 Å². The Bertz CT molecular complexity index is 1510. The number of nitrogens with zero attached hydrogens (tertiary/aromatic N) is 3. The Morgan fingerprint density at radius 1 is 1.06 bits per heavy atom. The van der Waals surface area contributed by atoms with Crippen molar-refractivity contribution in [3.05, 3.63) is 52.9 Å². The lowest BCUT2D eigenvalue weighted by Crippen LogP contribution is -2.16. The van der Waals surface area contributed by atoms with Crippen LogP contribution in [-0.4, -0.2) is 35.6 Å². The van der Waals surface area contributed by atoms with Gasteiger partial charge in [-0.2, -0.15) is 5.10 Å². The first-order valence-electron chi connectivity index (χ1n) is 10.2. The number of rotatable bonds is 5. The van der Waals surface area contributed by atoms with E-state index in [1.165, 1.54) is 0 Å². The van der Waals surface area contributed by atoms with Crippen molar-refractivity contribution in [1.29, 1.82) is 0 Å². The Labute approximate surface area is 179 Å². The summed E-state index contributed by atoms with van der Waals surface area (Å²) in [6, 6.07) is 11.1. The fraction of sp³-hybridized carbons (Fsp3) is 0.304. The second-order valence-corrected chi connectivity index (χ2v) is 10.3. The molecule has 2 aromatic heterocycles. The molecule has 8 heteroatoms. The van der Waals surface area contributed by atoms with Crippen LogP contribution in [0.4, 0.5) is 0 Å². The highest BCUT2D eigenvalue weighted by Gasteiger charge is 2.25. The van der Waals surface area contributed by atoms with Crippen molar-refractivity contribution >= 4 is 31.5 Å². The summed E-state index contributed by atoms with van der Waals surface area (Å²) in [6.45, 7) is 0.610. The van der Waals surface area contributed by atoms with Crippen molar-refractivity contribution in [2.75, 3.05) is 12.9 Å². The highest BCUT2D eigenvalue weighted by Crippen LogP contribution is 2.40. The van der Waals surface area contributed by atoms with Gasteiger partial charge < -0.3 is 9.30 Å². The maximum Gasteiger partial charge on any atom is 0.258 e. The van der Waals surface area contributed by atoms with Gasteiger partial charge in [0, 0.05) is 54.5 Å². The fourth-order valence-corrected chi connectivity index (χ4v) is 4.81. The average Bonchev–Trinajstić information content (AvgIpc) is 3.50. The van der Waals surface area contributed by atoms with Crippen molar-refractivity contribution in [2.24, 2.45) is 20.0 Å². The van der Waals surface area contributed by atoms with Crippen LogP contribution < -0.4 is 10.3 Å². The minimum Gasteiger partial charge on any atom is -0.493 e. The first-order chi connectivity index (χ1) is 14.7. The summed E-state index contributed by atoms with van der Waals surface area (Å²) in [6.07, 6.45) is 5.26. The lowest BCUT2D eigenvalue weighted by molar-refractivity contribution is 0.301. The van der Waals surface area contributed by atoms with Gasteiger partial charge in [-0.25, -0.2) is 8.42 Å². The molecule has 1 saturated carbocycles. The minimum atomic E-state index is -3.52. The summed E-state index contributed by atoms with van der Waals surface area (Å²) >= 11 is 0. The van der Waals surface area contributed by atoms with E-state index in [0.29, 0.717) is 34.6 Å². The molecule has 31 heavy (non-hydrogen) atoms. The number of hydrogen-bond acceptors (Lipinski definition) is 5. The van der Waals surface area contributed by atoms with Crippen LogP contribution in [0.5, 0.6) is 5.75 Å². The predicted octanol–water partition coefficient (Wildman–Crippen LogP) is 3.28. The van der Waals surface area contributed by atoms with E-state index in [1.807, 2.05) is 30.3 Å². The number of ether oxygens (including phenoxy) is 1. The van der Waals surface area contributed by atoms with E-state index in [-0.39, 0.29) is 10.6 Å². The third-order valence-electron chi connectivity index (χ3n) is 5.82. The largest absolute Gasteiger partial charge is 0.493 e. The predicted molar refractivity (Wildman–Crippen MR) is 120 cm³/mol. The summed E-state index contributed by atoms with van der Waals surface area (Å²) in [5, 5.41) is 6.23. The summed E-state index contributed by atoms with van der Waals surface area (Å²) in [4.78, 5) is 12.7. The molecule has 0 amide bonds. The highest BCUT2D eigenvalue weighted by molar-refractivity contribution is 7.90. The normalized spacial score (nSPS) is 14.4.